The third-order valence-corrected chi connectivity index (χ3v) is 4.48. The van der Waals surface area contributed by atoms with Crippen LogP contribution in [0, 0.1) is 0 Å². The summed E-state index contributed by atoms with van der Waals surface area (Å²) in [5, 5.41) is 2.93. The van der Waals surface area contributed by atoms with Crippen LogP contribution < -0.4 is 5.32 Å². The molecule has 0 bridgehead atoms. The summed E-state index contributed by atoms with van der Waals surface area (Å²) in [6, 6.07) is 3.53. The van der Waals surface area contributed by atoms with Crippen molar-refractivity contribution in [2.45, 2.75) is 64.2 Å². The minimum atomic E-state index is -0.172. The molecular formula is C18H28BrFN2O. The van der Waals surface area contributed by atoms with Gasteiger partial charge in [-0.25, -0.2) is 4.98 Å². The minimum absolute atomic E-state index is 0.0711. The Kier molecular flexibility index (Phi) is 11.8. The first-order valence-electron chi connectivity index (χ1n) is 8.70. The SMILES string of the molecule is O=C(NCCCCCCCCCCCCF)c1cccnc1Br. The Bertz CT molecular complexity index is 443. The Balaban J connectivity index is 1.92. The predicted octanol–water partition coefficient (Wildman–Crippen LogP) is 5.44. The third kappa shape index (κ3) is 9.69. The van der Waals surface area contributed by atoms with Gasteiger partial charge in [-0.15, -0.1) is 0 Å². The molecule has 3 nitrogen and oxygen atoms in total. The molecule has 130 valence electrons. The number of aromatic nitrogens is 1. The standard InChI is InChI=1S/C18H28BrFN2O/c19-17-16(12-11-15-21-17)18(23)22-14-10-8-6-4-2-1-3-5-7-9-13-20/h11-12,15H,1-10,13-14H2,(H,22,23). The van der Waals surface area contributed by atoms with Crippen molar-refractivity contribution in [2.75, 3.05) is 13.2 Å². The van der Waals surface area contributed by atoms with E-state index in [9.17, 15) is 9.18 Å². The van der Waals surface area contributed by atoms with E-state index >= 15 is 0 Å². The lowest BCUT2D eigenvalue weighted by molar-refractivity contribution is 0.0951. The molecule has 0 spiro atoms. The highest BCUT2D eigenvalue weighted by Crippen LogP contribution is 2.13. The Labute approximate surface area is 147 Å². The quantitative estimate of drug-likeness (QED) is 0.362. The van der Waals surface area contributed by atoms with Gasteiger partial charge in [0.05, 0.1) is 12.2 Å². The number of rotatable bonds is 13. The monoisotopic (exact) mass is 386 g/mol. The van der Waals surface area contributed by atoms with Crippen LogP contribution in [0.2, 0.25) is 0 Å². The van der Waals surface area contributed by atoms with Crippen LogP contribution in [-0.4, -0.2) is 24.1 Å². The minimum Gasteiger partial charge on any atom is -0.352 e. The van der Waals surface area contributed by atoms with Gasteiger partial charge in [-0.05, 0) is 40.9 Å². The third-order valence-electron chi connectivity index (χ3n) is 3.85. The fourth-order valence-electron chi connectivity index (χ4n) is 2.49. The zero-order chi connectivity index (χ0) is 16.8. The highest BCUT2D eigenvalue weighted by Gasteiger charge is 2.08. The van der Waals surface area contributed by atoms with Crippen LogP contribution >= 0.6 is 15.9 Å². The van der Waals surface area contributed by atoms with Crippen molar-refractivity contribution in [1.29, 1.82) is 0 Å². The van der Waals surface area contributed by atoms with E-state index in [1.807, 2.05) is 0 Å². The zero-order valence-corrected chi connectivity index (χ0v) is 15.4. The molecule has 1 N–H and O–H groups in total. The topological polar surface area (TPSA) is 42.0 Å². The van der Waals surface area contributed by atoms with E-state index in [1.165, 1.54) is 38.5 Å². The second kappa shape index (κ2) is 13.5. The van der Waals surface area contributed by atoms with Crippen molar-refractivity contribution in [1.82, 2.24) is 10.3 Å². The van der Waals surface area contributed by atoms with Gasteiger partial charge in [0.2, 0.25) is 0 Å². The van der Waals surface area contributed by atoms with Crippen molar-refractivity contribution in [2.24, 2.45) is 0 Å². The van der Waals surface area contributed by atoms with Crippen molar-refractivity contribution < 1.29 is 9.18 Å². The lowest BCUT2D eigenvalue weighted by Crippen LogP contribution is -2.24. The number of amides is 1. The lowest BCUT2D eigenvalue weighted by atomic mass is 10.1. The maximum atomic E-state index is 11.9. The molecule has 0 radical (unpaired) electrons. The summed E-state index contributed by atoms with van der Waals surface area (Å²) in [6.07, 6.45) is 13.0. The number of nitrogens with one attached hydrogen (secondary N) is 1. The number of unbranched alkanes of at least 4 members (excludes halogenated alkanes) is 9. The highest BCUT2D eigenvalue weighted by molar-refractivity contribution is 9.10. The van der Waals surface area contributed by atoms with E-state index < -0.39 is 0 Å². The number of hydrogen-bond acceptors (Lipinski definition) is 2. The number of pyridine rings is 1. The van der Waals surface area contributed by atoms with Gasteiger partial charge in [-0.1, -0.05) is 51.4 Å². The lowest BCUT2D eigenvalue weighted by Gasteiger charge is -2.06. The van der Waals surface area contributed by atoms with Gasteiger partial charge in [0, 0.05) is 12.7 Å². The van der Waals surface area contributed by atoms with E-state index in [4.69, 9.17) is 0 Å². The fourth-order valence-corrected chi connectivity index (χ4v) is 2.92. The molecule has 1 aromatic heterocycles. The van der Waals surface area contributed by atoms with E-state index in [0.29, 0.717) is 16.7 Å². The van der Waals surface area contributed by atoms with E-state index in [0.717, 1.165) is 25.7 Å². The summed E-state index contributed by atoms with van der Waals surface area (Å²) in [7, 11) is 0. The molecule has 0 unspecified atom stereocenters. The van der Waals surface area contributed by atoms with Gasteiger partial charge in [-0.2, -0.15) is 0 Å². The molecule has 0 aliphatic rings. The highest BCUT2D eigenvalue weighted by atomic mass is 79.9. The molecule has 1 amide bonds. The van der Waals surface area contributed by atoms with Crippen molar-refractivity contribution in [3.8, 4) is 0 Å². The summed E-state index contributed by atoms with van der Waals surface area (Å²) >= 11 is 3.28. The van der Waals surface area contributed by atoms with Gasteiger partial charge >= 0.3 is 0 Å². The van der Waals surface area contributed by atoms with Gasteiger partial charge in [0.15, 0.2) is 0 Å². The maximum Gasteiger partial charge on any atom is 0.254 e. The first-order valence-corrected chi connectivity index (χ1v) is 9.49. The van der Waals surface area contributed by atoms with Crippen LogP contribution in [0.15, 0.2) is 22.9 Å². The number of carbonyl (C=O) groups is 1. The summed E-state index contributed by atoms with van der Waals surface area (Å²) in [4.78, 5) is 16.0. The molecule has 0 aliphatic heterocycles. The molecule has 23 heavy (non-hydrogen) atoms. The molecular weight excluding hydrogens is 359 g/mol. The molecule has 1 heterocycles. The molecule has 5 heteroatoms. The van der Waals surface area contributed by atoms with Gasteiger partial charge in [-0.3, -0.25) is 9.18 Å². The number of nitrogens with zero attached hydrogens (tertiary/aromatic N) is 1. The largest absolute Gasteiger partial charge is 0.352 e. The average molecular weight is 387 g/mol. The van der Waals surface area contributed by atoms with Crippen LogP contribution in [0.25, 0.3) is 0 Å². The first-order chi connectivity index (χ1) is 11.3. The molecule has 1 rings (SSSR count). The summed E-state index contributed by atoms with van der Waals surface area (Å²) in [5.41, 5.74) is 0.584. The van der Waals surface area contributed by atoms with Crippen LogP contribution in [0.3, 0.4) is 0 Å². The van der Waals surface area contributed by atoms with Gasteiger partial charge < -0.3 is 5.32 Å². The normalized spacial score (nSPS) is 10.7. The Morgan fingerprint density at radius 1 is 1.00 bits per heavy atom. The number of hydrogen-bond donors (Lipinski definition) is 1. The molecule has 0 aromatic carbocycles. The molecule has 0 atom stereocenters. The first kappa shape index (κ1) is 20.1. The van der Waals surface area contributed by atoms with E-state index in [-0.39, 0.29) is 12.6 Å². The second-order valence-corrected chi connectivity index (χ2v) is 6.57. The van der Waals surface area contributed by atoms with Crippen LogP contribution in [-0.2, 0) is 0 Å². The average Bonchev–Trinajstić information content (AvgIpc) is 2.56. The predicted molar refractivity (Wildman–Crippen MR) is 96.4 cm³/mol. The molecule has 0 aliphatic carbocycles. The van der Waals surface area contributed by atoms with Gasteiger partial charge in [0.1, 0.15) is 4.60 Å². The number of carbonyl (C=O) groups excluding carboxylic acids is 1. The summed E-state index contributed by atoms with van der Waals surface area (Å²) < 4.78 is 12.5. The number of halogens is 2. The smallest absolute Gasteiger partial charge is 0.254 e. The fraction of sp³-hybridized carbons (Fsp3) is 0.667. The van der Waals surface area contributed by atoms with E-state index in [1.54, 1.807) is 18.3 Å². The van der Waals surface area contributed by atoms with Crippen molar-refractivity contribution >= 4 is 21.8 Å². The Morgan fingerprint density at radius 3 is 2.13 bits per heavy atom. The second-order valence-electron chi connectivity index (χ2n) is 5.82. The molecule has 0 saturated carbocycles. The zero-order valence-electron chi connectivity index (χ0n) is 13.8. The molecule has 0 fully saturated rings. The molecule has 1 aromatic rings. The summed E-state index contributed by atoms with van der Waals surface area (Å²) in [5.74, 6) is -0.0711. The van der Waals surface area contributed by atoms with Crippen LogP contribution in [0.5, 0.6) is 0 Å². The maximum absolute atomic E-state index is 11.9. The summed E-state index contributed by atoms with van der Waals surface area (Å²) in [6.45, 7) is 0.539. The molecule has 0 saturated heterocycles. The van der Waals surface area contributed by atoms with Crippen LogP contribution in [0.4, 0.5) is 4.39 Å². The van der Waals surface area contributed by atoms with Crippen molar-refractivity contribution in [3.63, 3.8) is 0 Å². The van der Waals surface area contributed by atoms with Gasteiger partial charge in [0.25, 0.3) is 5.91 Å². The number of alkyl halides is 1. The Morgan fingerprint density at radius 2 is 1.57 bits per heavy atom. The van der Waals surface area contributed by atoms with Crippen LogP contribution in [0.1, 0.15) is 74.6 Å². The van der Waals surface area contributed by atoms with E-state index in [2.05, 4.69) is 26.2 Å². The Hall–Kier alpha value is -0.970. The van der Waals surface area contributed by atoms with Crippen molar-refractivity contribution in [3.05, 3.63) is 28.5 Å².